The van der Waals surface area contributed by atoms with Gasteiger partial charge < -0.3 is 15.4 Å². The van der Waals surface area contributed by atoms with Gasteiger partial charge in [0.25, 0.3) is 5.91 Å². The number of rotatable bonds is 8. The van der Waals surface area contributed by atoms with E-state index >= 15 is 0 Å². The van der Waals surface area contributed by atoms with E-state index in [0.717, 1.165) is 23.3 Å². The van der Waals surface area contributed by atoms with Crippen LogP contribution in [0.2, 0.25) is 0 Å². The Balaban J connectivity index is 1.54. The minimum atomic E-state index is -0.226. The molecular weight excluding hydrogens is 352 g/mol. The zero-order valence-corrected chi connectivity index (χ0v) is 16.1. The molecule has 6 heteroatoms. The SMILES string of the molecule is COc1ccccc1CCNc1nccc(C(=O)NCc2ccc(C)cc2)n1. The van der Waals surface area contributed by atoms with Gasteiger partial charge in [-0.2, -0.15) is 0 Å². The molecule has 144 valence electrons. The number of anilines is 1. The first-order valence-electron chi connectivity index (χ1n) is 9.18. The van der Waals surface area contributed by atoms with Gasteiger partial charge in [-0.1, -0.05) is 48.0 Å². The van der Waals surface area contributed by atoms with Crippen LogP contribution in [0.1, 0.15) is 27.2 Å². The zero-order chi connectivity index (χ0) is 19.8. The van der Waals surface area contributed by atoms with E-state index in [0.29, 0.717) is 24.7 Å². The number of para-hydroxylation sites is 1. The number of aryl methyl sites for hydroxylation is 1. The normalized spacial score (nSPS) is 10.4. The molecule has 0 fully saturated rings. The van der Waals surface area contributed by atoms with Crippen LogP contribution in [-0.4, -0.2) is 29.5 Å². The number of hydrogen-bond acceptors (Lipinski definition) is 5. The van der Waals surface area contributed by atoms with Crippen LogP contribution < -0.4 is 15.4 Å². The molecule has 0 radical (unpaired) electrons. The fourth-order valence-electron chi connectivity index (χ4n) is 2.77. The van der Waals surface area contributed by atoms with Crippen molar-refractivity contribution in [3.8, 4) is 5.75 Å². The minimum absolute atomic E-state index is 0.226. The molecule has 0 atom stereocenters. The Bertz CT molecular complexity index is 926. The van der Waals surface area contributed by atoms with Crippen molar-refractivity contribution in [3.63, 3.8) is 0 Å². The Morgan fingerprint density at radius 2 is 1.86 bits per heavy atom. The summed E-state index contributed by atoms with van der Waals surface area (Å²) in [5.41, 5.74) is 3.67. The topological polar surface area (TPSA) is 76.1 Å². The van der Waals surface area contributed by atoms with Crippen LogP contribution in [0.4, 0.5) is 5.95 Å². The first kappa shape index (κ1) is 19.4. The number of carbonyl (C=O) groups excluding carboxylic acids is 1. The maximum atomic E-state index is 12.4. The second-order valence-electron chi connectivity index (χ2n) is 6.42. The number of ether oxygens (including phenoxy) is 1. The summed E-state index contributed by atoms with van der Waals surface area (Å²) in [4.78, 5) is 20.9. The van der Waals surface area contributed by atoms with E-state index in [1.165, 1.54) is 5.56 Å². The molecule has 0 saturated carbocycles. The van der Waals surface area contributed by atoms with E-state index in [-0.39, 0.29) is 5.91 Å². The number of nitrogens with zero attached hydrogens (tertiary/aromatic N) is 2. The van der Waals surface area contributed by atoms with Gasteiger partial charge in [0.15, 0.2) is 0 Å². The third kappa shape index (κ3) is 5.30. The molecule has 3 rings (SSSR count). The number of benzene rings is 2. The largest absolute Gasteiger partial charge is 0.496 e. The number of methoxy groups -OCH3 is 1. The predicted octanol–water partition coefficient (Wildman–Crippen LogP) is 3.38. The molecule has 0 aliphatic heterocycles. The van der Waals surface area contributed by atoms with E-state index in [2.05, 4.69) is 20.6 Å². The number of aromatic nitrogens is 2. The van der Waals surface area contributed by atoms with Gasteiger partial charge in [-0.3, -0.25) is 4.79 Å². The van der Waals surface area contributed by atoms with E-state index < -0.39 is 0 Å². The van der Waals surface area contributed by atoms with Gasteiger partial charge >= 0.3 is 0 Å². The van der Waals surface area contributed by atoms with Gasteiger partial charge in [0, 0.05) is 19.3 Å². The molecule has 0 saturated heterocycles. The smallest absolute Gasteiger partial charge is 0.270 e. The molecule has 0 unspecified atom stereocenters. The summed E-state index contributed by atoms with van der Waals surface area (Å²) in [6.07, 6.45) is 2.34. The first-order chi connectivity index (χ1) is 13.7. The second-order valence-corrected chi connectivity index (χ2v) is 6.42. The summed E-state index contributed by atoms with van der Waals surface area (Å²) in [5, 5.41) is 6.05. The highest BCUT2D eigenvalue weighted by Crippen LogP contribution is 2.17. The third-order valence-electron chi connectivity index (χ3n) is 4.33. The van der Waals surface area contributed by atoms with Crippen LogP contribution in [0.5, 0.6) is 5.75 Å². The highest BCUT2D eigenvalue weighted by atomic mass is 16.5. The molecule has 1 amide bonds. The maximum absolute atomic E-state index is 12.4. The molecular formula is C22H24N4O2. The molecule has 0 aliphatic carbocycles. The Kier molecular flexibility index (Phi) is 6.57. The average Bonchev–Trinajstić information content (AvgIpc) is 2.73. The van der Waals surface area contributed by atoms with Crippen molar-refractivity contribution >= 4 is 11.9 Å². The lowest BCUT2D eigenvalue weighted by molar-refractivity contribution is 0.0946. The maximum Gasteiger partial charge on any atom is 0.270 e. The Hall–Kier alpha value is -3.41. The fourth-order valence-corrected chi connectivity index (χ4v) is 2.77. The predicted molar refractivity (Wildman–Crippen MR) is 110 cm³/mol. The van der Waals surface area contributed by atoms with Gasteiger partial charge in [-0.15, -0.1) is 0 Å². The van der Waals surface area contributed by atoms with Crippen molar-refractivity contribution in [2.75, 3.05) is 19.0 Å². The molecule has 28 heavy (non-hydrogen) atoms. The molecule has 0 aliphatic rings. The molecule has 1 aromatic heterocycles. The van der Waals surface area contributed by atoms with Crippen LogP contribution in [-0.2, 0) is 13.0 Å². The summed E-state index contributed by atoms with van der Waals surface area (Å²) in [6.45, 7) is 3.13. The third-order valence-corrected chi connectivity index (χ3v) is 4.33. The van der Waals surface area contributed by atoms with Crippen LogP contribution in [0.25, 0.3) is 0 Å². The molecule has 3 aromatic rings. The molecule has 2 N–H and O–H groups in total. The van der Waals surface area contributed by atoms with Crippen molar-refractivity contribution in [3.05, 3.63) is 83.2 Å². The number of nitrogens with one attached hydrogen (secondary N) is 2. The van der Waals surface area contributed by atoms with Crippen LogP contribution in [0, 0.1) is 6.92 Å². The van der Waals surface area contributed by atoms with Gasteiger partial charge in [0.1, 0.15) is 11.4 Å². The quantitative estimate of drug-likeness (QED) is 0.630. The minimum Gasteiger partial charge on any atom is -0.496 e. The lowest BCUT2D eigenvalue weighted by Crippen LogP contribution is -2.24. The summed E-state index contributed by atoms with van der Waals surface area (Å²) in [7, 11) is 1.66. The number of carbonyl (C=O) groups is 1. The van der Waals surface area contributed by atoms with E-state index in [9.17, 15) is 4.79 Å². The van der Waals surface area contributed by atoms with Gasteiger partial charge in [0.05, 0.1) is 7.11 Å². The van der Waals surface area contributed by atoms with Crippen LogP contribution in [0.15, 0.2) is 60.8 Å². The van der Waals surface area contributed by atoms with Crippen LogP contribution in [0.3, 0.4) is 0 Å². The molecule has 0 bridgehead atoms. The Labute approximate surface area is 165 Å². The number of hydrogen-bond donors (Lipinski definition) is 2. The molecule has 0 spiro atoms. The van der Waals surface area contributed by atoms with E-state index in [1.807, 2.05) is 55.5 Å². The van der Waals surface area contributed by atoms with E-state index in [1.54, 1.807) is 19.4 Å². The monoisotopic (exact) mass is 376 g/mol. The summed E-state index contributed by atoms with van der Waals surface area (Å²) >= 11 is 0. The highest BCUT2D eigenvalue weighted by Gasteiger charge is 2.09. The van der Waals surface area contributed by atoms with Gasteiger partial charge in [-0.25, -0.2) is 9.97 Å². The Morgan fingerprint density at radius 1 is 1.07 bits per heavy atom. The first-order valence-corrected chi connectivity index (χ1v) is 9.18. The lowest BCUT2D eigenvalue weighted by Gasteiger charge is -2.10. The second kappa shape index (κ2) is 9.50. The van der Waals surface area contributed by atoms with Crippen molar-refractivity contribution in [2.45, 2.75) is 19.9 Å². The molecule has 6 nitrogen and oxygen atoms in total. The average molecular weight is 376 g/mol. The summed E-state index contributed by atoms with van der Waals surface area (Å²) in [5.74, 6) is 1.06. The highest BCUT2D eigenvalue weighted by molar-refractivity contribution is 5.92. The zero-order valence-electron chi connectivity index (χ0n) is 16.1. The van der Waals surface area contributed by atoms with Crippen LogP contribution >= 0.6 is 0 Å². The summed E-state index contributed by atoms with van der Waals surface area (Å²) < 4.78 is 5.36. The Morgan fingerprint density at radius 3 is 2.64 bits per heavy atom. The van der Waals surface area contributed by atoms with Crippen molar-refractivity contribution in [1.29, 1.82) is 0 Å². The van der Waals surface area contributed by atoms with Crippen molar-refractivity contribution in [1.82, 2.24) is 15.3 Å². The van der Waals surface area contributed by atoms with Gasteiger partial charge in [0.2, 0.25) is 5.95 Å². The number of amides is 1. The lowest BCUT2D eigenvalue weighted by atomic mass is 10.1. The summed E-state index contributed by atoms with van der Waals surface area (Å²) in [6, 6.07) is 17.5. The van der Waals surface area contributed by atoms with E-state index in [4.69, 9.17) is 4.74 Å². The molecule has 1 heterocycles. The van der Waals surface area contributed by atoms with Crippen molar-refractivity contribution < 1.29 is 9.53 Å². The standard InChI is InChI=1S/C22H24N4O2/c1-16-7-9-17(10-8-16)15-25-21(27)19-12-14-24-22(26-19)23-13-11-18-5-3-4-6-20(18)28-2/h3-10,12,14H,11,13,15H2,1-2H3,(H,25,27)(H,23,24,26). The van der Waals surface area contributed by atoms with Gasteiger partial charge in [-0.05, 0) is 36.6 Å². The molecule has 2 aromatic carbocycles. The fraction of sp³-hybridized carbons (Fsp3) is 0.227. The van der Waals surface area contributed by atoms with Crippen molar-refractivity contribution in [2.24, 2.45) is 0 Å².